The minimum atomic E-state index is -1.31. The van der Waals surface area contributed by atoms with Crippen LogP contribution >= 0.6 is 0 Å². The monoisotopic (exact) mass is 597 g/mol. The molecule has 2 fully saturated rings. The van der Waals surface area contributed by atoms with Crippen molar-refractivity contribution in [2.24, 2.45) is 17.2 Å². The minimum Gasteiger partial charge on any atom is -0.394 e. The first-order valence-corrected chi connectivity index (χ1v) is 14.6. The van der Waals surface area contributed by atoms with Crippen LogP contribution < -0.4 is 17.2 Å². The maximum atomic E-state index is 10.3. The van der Waals surface area contributed by atoms with Gasteiger partial charge in [0, 0.05) is 25.2 Å². The summed E-state index contributed by atoms with van der Waals surface area (Å²) in [6, 6.07) is -2.11. The Morgan fingerprint density at radius 3 is 1.83 bits per heavy atom. The van der Waals surface area contributed by atoms with Gasteiger partial charge in [0.2, 0.25) is 0 Å². The number of hydrogen-bond acceptors (Lipinski definition) is 15. The molecular formula is C26H55N5O10. The second-order valence-corrected chi connectivity index (χ2v) is 11.7. The number of rotatable bonds is 18. The minimum absolute atomic E-state index is 0.000306. The molecule has 1 aliphatic carbocycles. The number of ether oxygens (including phenoxy) is 3. The van der Waals surface area contributed by atoms with Crippen molar-refractivity contribution >= 4 is 0 Å². The number of aliphatic hydroxyl groups is 7. The zero-order valence-electron chi connectivity index (χ0n) is 24.4. The molecule has 2 unspecified atom stereocenters. The Bertz CT molecular complexity index is 716. The van der Waals surface area contributed by atoms with Gasteiger partial charge in [-0.2, -0.15) is 0 Å². The number of likely N-dealkylation sites (N-methyl/N-ethyl adjacent to an activating group) is 2. The quantitative estimate of drug-likeness (QED) is 0.0664. The molecule has 12 atom stereocenters. The van der Waals surface area contributed by atoms with Crippen LogP contribution in [0.5, 0.6) is 0 Å². The topological polar surface area (TPSA) is 254 Å². The van der Waals surface area contributed by atoms with E-state index in [2.05, 4.69) is 0 Å². The molecule has 1 saturated carbocycles. The molecule has 0 bridgehead atoms. The fourth-order valence-corrected chi connectivity index (χ4v) is 5.32. The number of aliphatic hydroxyl groups excluding tert-OH is 7. The summed E-state index contributed by atoms with van der Waals surface area (Å²) in [5, 5.41) is 69.9. The SMILES string of the molecule is CN(CCCCCCN(C)CC(O)CO[C@H]1[C@H](O)[C@@H](O)[C@H](N)C[C@@H]1N)CC(O)CO[C@H]1O[C@H](CO)[C@@H](O)[C@H](O)[C@H]1N. The molecule has 15 heteroatoms. The zero-order chi connectivity index (χ0) is 30.7. The lowest BCUT2D eigenvalue weighted by molar-refractivity contribution is -0.270. The fraction of sp³-hybridized carbons (Fsp3) is 1.00. The lowest BCUT2D eigenvalue weighted by Gasteiger charge is -2.40. The Morgan fingerprint density at radius 1 is 0.756 bits per heavy atom. The van der Waals surface area contributed by atoms with E-state index in [1.165, 1.54) is 0 Å². The van der Waals surface area contributed by atoms with Gasteiger partial charge in [0.1, 0.15) is 30.5 Å². The van der Waals surface area contributed by atoms with Gasteiger partial charge in [0.15, 0.2) is 6.29 Å². The molecule has 1 saturated heterocycles. The predicted octanol–water partition coefficient (Wildman–Crippen LogP) is -4.92. The van der Waals surface area contributed by atoms with Gasteiger partial charge < -0.3 is 77.0 Å². The average molecular weight is 598 g/mol. The Balaban J connectivity index is 1.52. The molecule has 13 N–H and O–H groups in total. The second kappa shape index (κ2) is 18.3. The summed E-state index contributed by atoms with van der Waals surface area (Å²) < 4.78 is 16.5. The second-order valence-electron chi connectivity index (χ2n) is 11.7. The van der Waals surface area contributed by atoms with E-state index in [1.807, 2.05) is 23.9 Å². The van der Waals surface area contributed by atoms with Gasteiger partial charge in [0.25, 0.3) is 0 Å². The molecular weight excluding hydrogens is 542 g/mol. The third-order valence-corrected chi connectivity index (χ3v) is 7.83. The van der Waals surface area contributed by atoms with Crippen molar-refractivity contribution in [1.82, 2.24) is 9.80 Å². The maximum Gasteiger partial charge on any atom is 0.175 e. The number of nitrogens with zero attached hydrogens (tertiary/aromatic N) is 2. The summed E-state index contributed by atoms with van der Waals surface area (Å²) >= 11 is 0. The number of nitrogens with two attached hydrogens (primary N) is 3. The Morgan fingerprint density at radius 2 is 1.29 bits per heavy atom. The average Bonchev–Trinajstić information content (AvgIpc) is 2.91. The molecule has 41 heavy (non-hydrogen) atoms. The van der Waals surface area contributed by atoms with Gasteiger partial charge in [-0.1, -0.05) is 12.8 Å². The van der Waals surface area contributed by atoms with E-state index >= 15 is 0 Å². The smallest absolute Gasteiger partial charge is 0.175 e. The largest absolute Gasteiger partial charge is 0.394 e. The summed E-state index contributed by atoms with van der Waals surface area (Å²) in [6.45, 7) is 1.79. The van der Waals surface area contributed by atoms with Crippen LogP contribution in [0.25, 0.3) is 0 Å². The first kappa shape index (κ1) is 36.6. The van der Waals surface area contributed by atoms with E-state index in [4.69, 9.17) is 31.4 Å². The third-order valence-electron chi connectivity index (χ3n) is 7.83. The molecule has 15 nitrogen and oxygen atoms in total. The van der Waals surface area contributed by atoms with E-state index in [9.17, 15) is 35.7 Å². The Hall–Kier alpha value is -0.600. The van der Waals surface area contributed by atoms with Gasteiger partial charge in [-0.25, -0.2) is 0 Å². The lowest BCUT2D eigenvalue weighted by Crippen LogP contribution is -2.62. The molecule has 0 aromatic rings. The van der Waals surface area contributed by atoms with Crippen LogP contribution in [0.2, 0.25) is 0 Å². The molecule has 0 amide bonds. The van der Waals surface area contributed by atoms with Gasteiger partial charge in [-0.3, -0.25) is 0 Å². The third kappa shape index (κ3) is 11.8. The van der Waals surface area contributed by atoms with Crippen molar-refractivity contribution in [3.05, 3.63) is 0 Å². The molecule has 0 aromatic carbocycles. The van der Waals surface area contributed by atoms with E-state index in [0.29, 0.717) is 19.5 Å². The highest BCUT2D eigenvalue weighted by Crippen LogP contribution is 2.22. The van der Waals surface area contributed by atoms with Crippen LogP contribution in [0.4, 0.5) is 0 Å². The van der Waals surface area contributed by atoms with Gasteiger partial charge in [-0.15, -0.1) is 0 Å². The van der Waals surface area contributed by atoms with Crippen molar-refractivity contribution in [2.45, 2.75) is 105 Å². The van der Waals surface area contributed by atoms with E-state index in [1.54, 1.807) is 0 Å². The standard InChI is InChI=1S/C26H55N5O10/c1-30(10-15(33)13-39-25-18(28)9-17(27)21(35)24(25)38)7-5-3-4-6-8-31(2)11-16(34)14-40-26-20(29)23(37)22(36)19(12-32)41-26/h15-26,32-38H,3-14,27-29H2,1-2H3/t15?,16?,17-,18+,19-,20-,21+,22-,23-,24-,25-,26+/m1/s1. The summed E-state index contributed by atoms with van der Waals surface area (Å²) in [4.78, 5) is 4.01. The molecule has 2 aliphatic rings. The summed E-state index contributed by atoms with van der Waals surface area (Å²) in [5.74, 6) is 0. The van der Waals surface area contributed by atoms with Crippen LogP contribution in [0.1, 0.15) is 32.1 Å². The highest BCUT2D eigenvalue weighted by molar-refractivity contribution is 4.97. The van der Waals surface area contributed by atoms with E-state index in [-0.39, 0.29) is 13.2 Å². The Kier molecular flexibility index (Phi) is 16.3. The van der Waals surface area contributed by atoms with Crippen molar-refractivity contribution in [3.63, 3.8) is 0 Å². The van der Waals surface area contributed by atoms with E-state index in [0.717, 1.165) is 38.8 Å². The number of hydrogen-bond donors (Lipinski definition) is 10. The molecule has 2 rings (SSSR count). The molecule has 244 valence electrons. The lowest BCUT2D eigenvalue weighted by atomic mass is 9.85. The van der Waals surface area contributed by atoms with Crippen molar-refractivity contribution in [2.75, 3.05) is 60.1 Å². The highest BCUT2D eigenvalue weighted by atomic mass is 16.7. The molecule has 0 aromatic heterocycles. The van der Waals surface area contributed by atoms with Crippen molar-refractivity contribution in [3.8, 4) is 0 Å². The van der Waals surface area contributed by atoms with Gasteiger partial charge >= 0.3 is 0 Å². The molecule has 0 radical (unpaired) electrons. The molecule has 0 spiro atoms. The van der Waals surface area contributed by atoms with Gasteiger partial charge in [-0.05, 0) is 46.4 Å². The molecule has 1 heterocycles. The predicted molar refractivity (Wildman–Crippen MR) is 149 cm³/mol. The first-order chi connectivity index (χ1) is 19.3. The van der Waals surface area contributed by atoms with Gasteiger partial charge in [0.05, 0.1) is 44.2 Å². The summed E-state index contributed by atoms with van der Waals surface area (Å²) in [5.41, 5.74) is 17.6. The number of unbranched alkanes of at least 4 members (excludes halogenated alkanes) is 3. The normalized spacial score (nSPS) is 36.1. The zero-order valence-corrected chi connectivity index (χ0v) is 24.4. The highest BCUT2D eigenvalue weighted by Gasteiger charge is 2.43. The summed E-state index contributed by atoms with van der Waals surface area (Å²) in [7, 11) is 3.82. The van der Waals surface area contributed by atoms with Crippen LogP contribution in [0.3, 0.4) is 0 Å². The van der Waals surface area contributed by atoms with Crippen LogP contribution in [-0.4, -0.2) is 179 Å². The van der Waals surface area contributed by atoms with E-state index < -0.39 is 79.9 Å². The molecule has 1 aliphatic heterocycles. The van der Waals surface area contributed by atoms with Crippen molar-refractivity contribution < 1.29 is 50.0 Å². The van der Waals surface area contributed by atoms with Crippen LogP contribution in [0, 0.1) is 0 Å². The Labute approximate surface area is 242 Å². The summed E-state index contributed by atoms with van der Waals surface area (Å²) in [6.07, 6.45) is -5.05. The fourth-order valence-electron chi connectivity index (χ4n) is 5.32. The maximum absolute atomic E-state index is 10.3. The van der Waals surface area contributed by atoms with Crippen LogP contribution in [-0.2, 0) is 14.2 Å². The van der Waals surface area contributed by atoms with Crippen molar-refractivity contribution in [1.29, 1.82) is 0 Å². The van der Waals surface area contributed by atoms with Crippen LogP contribution in [0.15, 0.2) is 0 Å². The first-order valence-electron chi connectivity index (χ1n) is 14.6.